The number of carbonyl (C=O) groups is 1. The summed E-state index contributed by atoms with van der Waals surface area (Å²) in [7, 11) is -2.32. The molecule has 0 amide bonds. The molecule has 0 rings (SSSR count). The van der Waals surface area contributed by atoms with Crippen LogP contribution < -0.4 is 0 Å². The van der Waals surface area contributed by atoms with Crippen molar-refractivity contribution in [3.63, 3.8) is 0 Å². The molecule has 0 aliphatic rings. The fourth-order valence-electron chi connectivity index (χ4n) is 0.985. The monoisotopic (exact) mass is 234 g/mol. The highest BCUT2D eigenvalue weighted by atomic mass is 32.2. The maximum atomic E-state index is 11.4. The van der Waals surface area contributed by atoms with Gasteiger partial charge in [-0.25, -0.2) is 12.7 Å². The van der Waals surface area contributed by atoms with E-state index in [2.05, 4.69) is 4.74 Å². The summed E-state index contributed by atoms with van der Waals surface area (Å²) in [4.78, 5) is 10.8. The van der Waals surface area contributed by atoms with Gasteiger partial charge < -0.3 is 4.74 Å². The van der Waals surface area contributed by atoms with Crippen LogP contribution >= 0.6 is 0 Å². The van der Waals surface area contributed by atoms with E-state index < -0.39 is 21.7 Å². The Morgan fingerprint density at radius 3 is 2.53 bits per heavy atom. The van der Waals surface area contributed by atoms with Crippen molar-refractivity contribution in [3.05, 3.63) is 0 Å². The largest absolute Gasteiger partial charge is 0.469 e. The molecule has 15 heavy (non-hydrogen) atoms. The Morgan fingerprint density at radius 1 is 1.53 bits per heavy atom. The first-order valence-electron chi connectivity index (χ1n) is 4.39. The molecule has 0 radical (unpaired) electrons. The molecule has 6 nitrogen and oxygen atoms in total. The molecule has 0 saturated carbocycles. The molecule has 0 spiro atoms. The fraction of sp³-hybridized carbons (Fsp3) is 0.750. The molecule has 0 N–H and O–H groups in total. The average Bonchev–Trinajstić information content (AvgIpc) is 2.17. The number of esters is 1. The van der Waals surface area contributed by atoms with E-state index in [0.717, 1.165) is 4.31 Å². The predicted molar refractivity (Wildman–Crippen MR) is 53.3 cm³/mol. The first-order valence-corrected chi connectivity index (χ1v) is 6.00. The first-order chi connectivity index (χ1) is 6.97. The molecule has 0 saturated heterocycles. The molecule has 0 aliphatic carbocycles. The van der Waals surface area contributed by atoms with Crippen molar-refractivity contribution < 1.29 is 17.9 Å². The van der Waals surface area contributed by atoms with E-state index in [1.54, 1.807) is 13.0 Å². The highest BCUT2D eigenvalue weighted by Gasteiger charge is 2.20. The zero-order valence-electron chi connectivity index (χ0n) is 8.76. The van der Waals surface area contributed by atoms with Crippen molar-refractivity contribution >= 4 is 16.0 Å². The highest BCUT2D eigenvalue weighted by Crippen LogP contribution is 2.02. The van der Waals surface area contributed by atoms with Gasteiger partial charge in [0.2, 0.25) is 10.0 Å². The average molecular weight is 234 g/mol. The van der Waals surface area contributed by atoms with Gasteiger partial charge in [-0.15, -0.1) is 0 Å². The van der Waals surface area contributed by atoms with Gasteiger partial charge >= 0.3 is 5.97 Å². The number of nitrogens with zero attached hydrogens (tertiary/aromatic N) is 2. The predicted octanol–water partition coefficient (Wildman–Crippen LogP) is -0.275. The smallest absolute Gasteiger partial charge is 0.306 e. The molecule has 0 aliphatic heterocycles. The molecule has 0 unspecified atom stereocenters. The quantitative estimate of drug-likeness (QED) is 0.590. The Labute approximate surface area is 89.5 Å². The highest BCUT2D eigenvalue weighted by molar-refractivity contribution is 7.89. The third kappa shape index (κ3) is 4.76. The molecule has 0 aromatic carbocycles. The Bertz CT molecular complexity index is 344. The number of hydrogen-bond donors (Lipinski definition) is 0. The van der Waals surface area contributed by atoms with Crippen LogP contribution in [0, 0.1) is 11.3 Å². The van der Waals surface area contributed by atoms with Gasteiger partial charge in [0.05, 0.1) is 19.6 Å². The Kier molecular flexibility index (Phi) is 5.89. The number of hydrogen-bond acceptors (Lipinski definition) is 5. The van der Waals surface area contributed by atoms with E-state index in [1.807, 2.05) is 0 Å². The van der Waals surface area contributed by atoms with Crippen LogP contribution in [-0.2, 0) is 19.6 Å². The lowest BCUT2D eigenvalue weighted by molar-refractivity contribution is -0.140. The van der Waals surface area contributed by atoms with Gasteiger partial charge in [0, 0.05) is 13.1 Å². The van der Waals surface area contributed by atoms with Gasteiger partial charge in [-0.1, -0.05) is 6.92 Å². The second-order valence-electron chi connectivity index (χ2n) is 2.73. The summed E-state index contributed by atoms with van der Waals surface area (Å²) in [6, 6.07) is 1.58. The van der Waals surface area contributed by atoms with Crippen LogP contribution in [0.15, 0.2) is 0 Å². The number of methoxy groups -OCH3 is 1. The SMILES string of the molecule is CCN(CCC(=O)OC)S(=O)(=O)CC#N. The van der Waals surface area contributed by atoms with Crippen LogP contribution in [0.4, 0.5) is 0 Å². The van der Waals surface area contributed by atoms with Crippen LogP contribution in [0.3, 0.4) is 0 Å². The summed E-state index contributed by atoms with van der Waals surface area (Å²) < 4.78 is 28.3. The van der Waals surface area contributed by atoms with Crippen LogP contribution in [0.25, 0.3) is 0 Å². The minimum absolute atomic E-state index is 0.00496. The summed E-state index contributed by atoms with van der Waals surface area (Å²) >= 11 is 0. The Hall–Kier alpha value is -1.13. The van der Waals surface area contributed by atoms with Crippen molar-refractivity contribution in [1.82, 2.24) is 4.31 Å². The third-order valence-corrected chi connectivity index (χ3v) is 3.51. The summed E-state index contributed by atoms with van der Waals surface area (Å²) in [5.41, 5.74) is 0. The van der Waals surface area contributed by atoms with Crippen molar-refractivity contribution in [2.45, 2.75) is 13.3 Å². The van der Waals surface area contributed by atoms with E-state index in [0.29, 0.717) is 0 Å². The number of sulfonamides is 1. The van der Waals surface area contributed by atoms with Crippen molar-refractivity contribution in [1.29, 1.82) is 5.26 Å². The maximum Gasteiger partial charge on any atom is 0.306 e. The summed E-state index contributed by atoms with van der Waals surface area (Å²) in [5, 5.41) is 8.32. The first kappa shape index (κ1) is 13.9. The minimum atomic E-state index is -3.56. The summed E-state index contributed by atoms with van der Waals surface area (Å²) in [5.74, 6) is -1.04. The van der Waals surface area contributed by atoms with E-state index in [4.69, 9.17) is 5.26 Å². The molecule has 0 bridgehead atoms. The van der Waals surface area contributed by atoms with E-state index in [1.165, 1.54) is 7.11 Å². The van der Waals surface area contributed by atoms with Gasteiger partial charge in [-0.05, 0) is 0 Å². The van der Waals surface area contributed by atoms with E-state index >= 15 is 0 Å². The van der Waals surface area contributed by atoms with Crippen LogP contribution in [-0.4, -0.2) is 44.6 Å². The molecule has 7 heteroatoms. The molecule has 0 heterocycles. The molecule has 0 aromatic rings. The van der Waals surface area contributed by atoms with Crippen LogP contribution in [0.2, 0.25) is 0 Å². The third-order valence-electron chi connectivity index (χ3n) is 1.79. The standard InChI is InChI=1S/C8H14N2O4S/c1-3-10(6-4-8(11)14-2)15(12,13)7-5-9/h3-4,6-7H2,1-2H3. The minimum Gasteiger partial charge on any atom is -0.469 e. The molecule has 0 fully saturated rings. The van der Waals surface area contributed by atoms with Gasteiger partial charge in [-0.2, -0.15) is 5.26 Å². The Morgan fingerprint density at radius 2 is 2.13 bits per heavy atom. The lowest BCUT2D eigenvalue weighted by Gasteiger charge is -2.17. The Balaban J connectivity index is 4.39. The molecule has 0 atom stereocenters. The number of rotatable bonds is 6. The molecule has 86 valence electrons. The number of carbonyl (C=O) groups excluding carboxylic acids is 1. The molecule has 0 aromatic heterocycles. The van der Waals surface area contributed by atoms with Crippen molar-refractivity contribution in [2.24, 2.45) is 0 Å². The topological polar surface area (TPSA) is 87.5 Å². The van der Waals surface area contributed by atoms with Gasteiger partial charge in [0.25, 0.3) is 0 Å². The second kappa shape index (κ2) is 6.37. The summed E-state index contributed by atoms with van der Waals surface area (Å²) in [6.45, 7) is 1.93. The zero-order valence-corrected chi connectivity index (χ0v) is 9.58. The maximum absolute atomic E-state index is 11.4. The lowest BCUT2D eigenvalue weighted by Crippen LogP contribution is -2.34. The van der Waals surface area contributed by atoms with Crippen LogP contribution in [0.5, 0.6) is 0 Å². The van der Waals surface area contributed by atoms with Gasteiger partial charge in [0.15, 0.2) is 5.75 Å². The number of ether oxygens (including phenoxy) is 1. The number of nitriles is 1. The summed E-state index contributed by atoms with van der Waals surface area (Å²) in [6.07, 6.45) is -0.00496. The van der Waals surface area contributed by atoms with Crippen molar-refractivity contribution in [2.75, 3.05) is 26.0 Å². The molecular formula is C8H14N2O4S. The second-order valence-corrected chi connectivity index (χ2v) is 4.70. The van der Waals surface area contributed by atoms with E-state index in [9.17, 15) is 13.2 Å². The van der Waals surface area contributed by atoms with E-state index in [-0.39, 0.29) is 19.5 Å². The van der Waals surface area contributed by atoms with Crippen LogP contribution in [0.1, 0.15) is 13.3 Å². The molecular weight excluding hydrogens is 220 g/mol. The van der Waals surface area contributed by atoms with Gasteiger partial charge in [0.1, 0.15) is 0 Å². The normalized spacial score (nSPS) is 11.1. The van der Waals surface area contributed by atoms with Gasteiger partial charge in [-0.3, -0.25) is 4.79 Å². The lowest BCUT2D eigenvalue weighted by atomic mass is 10.4. The zero-order chi connectivity index (χ0) is 11.9. The van der Waals surface area contributed by atoms with Crippen molar-refractivity contribution in [3.8, 4) is 6.07 Å². The fourth-order valence-corrected chi connectivity index (χ4v) is 2.09.